The Kier molecular flexibility index (Phi) is 5.68. The molecule has 1 unspecified atom stereocenters. The van der Waals surface area contributed by atoms with Gasteiger partial charge < -0.3 is 14.8 Å². The van der Waals surface area contributed by atoms with Gasteiger partial charge in [0.25, 0.3) is 15.2 Å². The minimum atomic E-state index is -3.71. The Labute approximate surface area is 184 Å². The van der Waals surface area contributed by atoms with Crippen LogP contribution in [0.4, 0.5) is 11.4 Å². The van der Waals surface area contributed by atoms with E-state index in [1.807, 2.05) is 43.3 Å². The lowest BCUT2D eigenvalue weighted by Gasteiger charge is -2.17. The second-order valence-electron chi connectivity index (χ2n) is 6.87. The second-order valence-corrected chi connectivity index (χ2v) is 10.1. The van der Waals surface area contributed by atoms with Gasteiger partial charge in [0, 0.05) is 17.7 Å². The van der Waals surface area contributed by atoms with Gasteiger partial charge >= 0.3 is 0 Å². The summed E-state index contributed by atoms with van der Waals surface area (Å²) in [6.07, 6.45) is 0.471. The van der Waals surface area contributed by atoms with Gasteiger partial charge in [-0.25, -0.2) is 8.42 Å². The zero-order chi connectivity index (χ0) is 21.3. The number of thiophene rings is 1. The van der Waals surface area contributed by atoms with Gasteiger partial charge in [-0.15, -0.1) is 11.3 Å². The summed E-state index contributed by atoms with van der Waals surface area (Å²) in [5, 5.41) is 5.15. The molecule has 0 amide bonds. The largest absolute Gasteiger partial charge is 0.497 e. The van der Waals surface area contributed by atoms with E-state index in [1.54, 1.807) is 24.6 Å². The molecule has 6 nitrogen and oxygen atoms in total. The molecule has 0 saturated heterocycles. The van der Waals surface area contributed by atoms with Crippen LogP contribution in [0.15, 0.2) is 58.1 Å². The molecule has 30 heavy (non-hydrogen) atoms. The van der Waals surface area contributed by atoms with Crippen LogP contribution in [-0.2, 0) is 21.2 Å². The van der Waals surface area contributed by atoms with Gasteiger partial charge in [0.15, 0.2) is 0 Å². The number of sulfonamides is 1. The summed E-state index contributed by atoms with van der Waals surface area (Å²) >= 11 is 6.42. The van der Waals surface area contributed by atoms with Crippen molar-refractivity contribution in [2.24, 2.45) is 0 Å². The summed E-state index contributed by atoms with van der Waals surface area (Å²) in [6.45, 7) is 1.93. The number of anilines is 2. The maximum Gasteiger partial charge on any atom is 0.271 e. The predicted octanol–water partition coefficient (Wildman–Crippen LogP) is 4.88. The average Bonchev–Trinajstić information content (AvgIpc) is 3.21. The Hall–Kier alpha value is -2.62. The van der Waals surface area contributed by atoms with Crippen LogP contribution in [0.1, 0.15) is 12.5 Å². The summed E-state index contributed by atoms with van der Waals surface area (Å²) in [7, 11) is -2.11. The van der Waals surface area contributed by atoms with Crippen molar-refractivity contribution in [2.45, 2.75) is 23.7 Å². The average molecular weight is 461 g/mol. The van der Waals surface area contributed by atoms with E-state index >= 15 is 0 Å². The Morgan fingerprint density at radius 2 is 2.00 bits per heavy atom. The molecule has 3 aromatic rings. The van der Waals surface area contributed by atoms with Gasteiger partial charge in [0.1, 0.15) is 16.1 Å². The van der Waals surface area contributed by atoms with Crippen molar-refractivity contribution in [1.82, 2.24) is 0 Å². The number of methoxy groups -OCH3 is 1. The molecular weight excluding hydrogens is 440 g/mol. The molecule has 0 bridgehead atoms. The third kappa shape index (κ3) is 4.28. The quantitative estimate of drug-likeness (QED) is 0.529. The minimum Gasteiger partial charge on any atom is -0.497 e. The Bertz CT molecular complexity index is 1170. The molecule has 0 aliphatic carbocycles. The number of nitrogens with one attached hydrogen (secondary N) is 2. The topological polar surface area (TPSA) is 76.7 Å². The van der Waals surface area contributed by atoms with Gasteiger partial charge in [-0.1, -0.05) is 18.2 Å². The van der Waals surface area contributed by atoms with Crippen molar-refractivity contribution in [2.75, 3.05) is 17.1 Å². The predicted molar refractivity (Wildman–Crippen MR) is 124 cm³/mol. The van der Waals surface area contributed by atoms with Gasteiger partial charge in [-0.2, -0.15) is 0 Å². The first kappa shape index (κ1) is 20.6. The number of hydrogen-bond acceptors (Lipinski definition) is 6. The molecule has 2 aromatic carbocycles. The molecule has 0 spiro atoms. The van der Waals surface area contributed by atoms with Crippen molar-refractivity contribution in [1.29, 1.82) is 0 Å². The maximum atomic E-state index is 12.9. The van der Waals surface area contributed by atoms with Crippen LogP contribution in [0.5, 0.6) is 5.75 Å². The molecular formula is C21H20N2O4S3. The fraction of sp³-hybridized carbons (Fsp3) is 0.190. The molecule has 1 atom stereocenters. The summed E-state index contributed by atoms with van der Waals surface area (Å²) in [4.78, 5) is 0. The molecule has 0 fully saturated rings. The number of thiocarbonyl (C=S) groups is 1. The normalized spacial score (nSPS) is 16.1. The number of hydrogen-bond donors (Lipinski definition) is 2. The zero-order valence-electron chi connectivity index (χ0n) is 16.3. The third-order valence-corrected chi connectivity index (χ3v) is 7.66. The first-order valence-electron chi connectivity index (χ1n) is 9.21. The van der Waals surface area contributed by atoms with E-state index in [2.05, 4.69) is 10.0 Å². The number of rotatable bonds is 5. The van der Waals surface area contributed by atoms with E-state index in [-0.39, 0.29) is 10.3 Å². The highest BCUT2D eigenvalue weighted by molar-refractivity contribution is 7.94. The highest BCUT2D eigenvalue weighted by Crippen LogP contribution is 2.37. The number of benzene rings is 2. The fourth-order valence-corrected chi connectivity index (χ4v) is 5.65. The van der Waals surface area contributed by atoms with Gasteiger partial charge in [-0.3, -0.25) is 4.72 Å². The number of fused-ring (bicyclic) bond motifs is 1. The first-order chi connectivity index (χ1) is 14.4. The highest BCUT2D eigenvalue weighted by Gasteiger charge is 2.23. The van der Waals surface area contributed by atoms with Crippen molar-refractivity contribution in [3.63, 3.8) is 0 Å². The van der Waals surface area contributed by atoms with E-state index in [0.29, 0.717) is 17.3 Å². The molecule has 1 aromatic heterocycles. The van der Waals surface area contributed by atoms with Gasteiger partial charge in [0.05, 0.1) is 12.8 Å². The van der Waals surface area contributed by atoms with E-state index < -0.39 is 10.0 Å². The van der Waals surface area contributed by atoms with Gasteiger partial charge in [-0.05, 0) is 66.0 Å². The fourth-order valence-electron chi connectivity index (χ4n) is 3.31. The van der Waals surface area contributed by atoms with E-state index in [4.69, 9.17) is 21.7 Å². The summed E-state index contributed by atoms with van der Waals surface area (Å²) in [5.41, 5.74) is 3.78. The molecule has 4 rings (SSSR count). The first-order valence-corrected chi connectivity index (χ1v) is 12.0. The SMILES string of the molecule is COc1ccc(-c2cc3c(cc2NS(=O)(=O)c2cccs2)CC(C)OC(=S)N3)cc1. The molecule has 156 valence electrons. The Balaban J connectivity index is 1.84. The summed E-state index contributed by atoms with van der Waals surface area (Å²) in [6, 6.07) is 14.5. The van der Waals surface area contributed by atoms with Crippen molar-refractivity contribution < 1.29 is 17.9 Å². The van der Waals surface area contributed by atoms with Crippen molar-refractivity contribution in [3.05, 3.63) is 59.5 Å². The molecule has 1 aliphatic rings. The van der Waals surface area contributed by atoms with Crippen LogP contribution in [0.25, 0.3) is 11.1 Å². The monoisotopic (exact) mass is 460 g/mol. The lowest BCUT2D eigenvalue weighted by Crippen LogP contribution is -2.16. The Morgan fingerprint density at radius 1 is 1.23 bits per heavy atom. The smallest absolute Gasteiger partial charge is 0.271 e. The van der Waals surface area contributed by atoms with Crippen LogP contribution in [0.3, 0.4) is 0 Å². The molecule has 9 heteroatoms. The standard InChI is InChI=1S/C21H20N2O4S3/c1-13-10-15-11-19(23-30(24,25)20-4-3-9-29-20)17(12-18(15)22-21(28)27-13)14-5-7-16(26-2)8-6-14/h3-9,11-13,23H,10H2,1-2H3,(H,22,28). The van der Waals surface area contributed by atoms with E-state index in [9.17, 15) is 8.42 Å². The van der Waals surface area contributed by atoms with Crippen molar-refractivity contribution in [3.8, 4) is 16.9 Å². The van der Waals surface area contributed by atoms with E-state index in [0.717, 1.165) is 28.1 Å². The lowest BCUT2D eigenvalue weighted by molar-refractivity contribution is 0.217. The van der Waals surface area contributed by atoms with Crippen LogP contribution in [0, 0.1) is 0 Å². The molecule has 1 aliphatic heterocycles. The van der Waals surface area contributed by atoms with Crippen LogP contribution in [-0.4, -0.2) is 26.8 Å². The second kappa shape index (κ2) is 8.25. The zero-order valence-corrected chi connectivity index (χ0v) is 18.8. The summed E-state index contributed by atoms with van der Waals surface area (Å²) in [5.74, 6) is 0.718. The molecule has 2 N–H and O–H groups in total. The molecule has 0 radical (unpaired) electrons. The summed E-state index contributed by atoms with van der Waals surface area (Å²) < 4.78 is 39.7. The van der Waals surface area contributed by atoms with Crippen LogP contribution >= 0.6 is 23.6 Å². The highest BCUT2D eigenvalue weighted by atomic mass is 32.2. The maximum absolute atomic E-state index is 12.9. The third-order valence-electron chi connectivity index (χ3n) is 4.70. The Morgan fingerprint density at radius 3 is 2.67 bits per heavy atom. The minimum absolute atomic E-state index is 0.125. The van der Waals surface area contributed by atoms with Crippen LogP contribution in [0.2, 0.25) is 0 Å². The molecule has 2 heterocycles. The molecule has 0 saturated carbocycles. The lowest BCUT2D eigenvalue weighted by atomic mass is 9.97. The number of ether oxygens (including phenoxy) is 2. The van der Waals surface area contributed by atoms with Crippen molar-refractivity contribution >= 4 is 50.1 Å². The van der Waals surface area contributed by atoms with Crippen LogP contribution < -0.4 is 14.8 Å². The van der Waals surface area contributed by atoms with Gasteiger partial charge in [0.2, 0.25) is 0 Å². The van der Waals surface area contributed by atoms with E-state index in [1.165, 1.54) is 11.3 Å².